The number of benzene rings is 1. The molecular weight excluding hydrogens is 257 g/mol. The van der Waals surface area contributed by atoms with E-state index in [0.717, 1.165) is 5.69 Å². The van der Waals surface area contributed by atoms with Gasteiger partial charge in [0, 0.05) is 17.8 Å². The van der Waals surface area contributed by atoms with Gasteiger partial charge in [0.1, 0.15) is 5.82 Å². The summed E-state index contributed by atoms with van der Waals surface area (Å²) in [5, 5.41) is 17.1. The van der Waals surface area contributed by atoms with E-state index in [1.54, 1.807) is 10.9 Å². The predicted octanol–water partition coefficient (Wildman–Crippen LogP) is 2.04. The summed E-state index contributed by atoms with van der Waals surface area (Å²) in [4.78, 5) is 0. The molecule has 96 valence electrons. The molecule has 0 aliphatic heterocycles. The van der Waals surface area contributed by atoms with Gasteiger partial charge in [0.25, 0.3) is 0 Å². The predicted molar refractivity (Wildman–Crippen MR) is 65.9 cm³/mol. The fraction of sp³-hybridized carbons (Fsp3) is 0.333. The number of aryl methyl sites for hydroxylation is 1. The van der Waals surface area contributed by atoms with E-state index in [9.17, 15) is 4.39 Å². The average Bonchev–Trinajstić information content (AvgIpc) is 2.79. The highest BCUT2D eigenvalue weighted by atomic mass is 35.5. The van der Waals surface area contributed by atoms with E-state index in [2.05, 4.69) is 10.3 Å². The minimum Gasteiger partial charge on any atom is -0.396 e. The van der Waals surface area contributed by atoms with Gasteiger partial charge in [0.15, 0.2) is 0 Å². The molecule has 18 heavy (non-hydrogen) atoms. The first kappa shape index (κ1) is 13.0. The number of hydrogen-bond acceptors (Lipinski definition) is 3. The molecule has 0 aliphatic rings. The fourth-order valence-electron chi connectivity index (χ4n) is 1.63. The summed E-state index contributed by atoms with van der Waals surface area (Å²) in [5.41, 5.74) is 1.46. The van der Waals surface area contributed by atoms with Crippen LogP contribution < -0.4 is 0 Å². The third kappa shape index (κ3) is 3.27. The van der Waals surface area contributed by atoms with Crippen LogP contribution in [-0.4, -0.2) is 26.7 Å². The van der Waals surface area contributed by atoms with E-state index < -0.39 is 0 Å². The first-order valence-corrected chi connectivity index (χ1v) is 6.00. The van der Waals surface area contributed by atoms with Crippen LogP contribution in [0.1, 0.15) is 17.7 Å². The molecule has 0 bridgehead atoms. The maximum atomic E-state index is 13.1. The third-order valence-corrected chi connectivity index (χ3v) is 2.89. The van der Waals surface area contributed by atoms with Gasteiger partial charge in [-0.2, -0.15) is 0 Å². The molecule has 1 aromatic carbocycles. The van der Waals surface area contributed by atoms with Crippen LogP contribution in [-0.2, 0) is 13.0 Å². The van der Waals surface area contributed by atoms with E-state index in [4.69, 9.17) is 16.7 Å². The Bertz CT molecular complexity index is 530. The Morgan fingerprint density at radius 1 is 1.39 bits per heavy atom. The summed E-state index contributed by atoms with van der Waals surface area (Å²) in [7, 11) is 0. The van der Waals surface area contributed by atoms with Gasteiger partial charge in [-0.3, -0.25) is 0 Å². The smallest absolute Gasteiger partial charge is 0.123 e. The Hall–Kier alpha value is -1.46. The fourth-order valence-corrected chi connectivity index (χ4v) is 1.81. The SMILES string of the molecule is OCCCc1cn(Cc2cc(F)ccc2Cl)nn1. The molecule has 0 amide bonds. The Labute approximate surface area is 109 Å². The molecular formula is C12H13ClFN3O. The number of aliphatic hydroxyl groups is 1. The van der Waals surface area contributed by atoms with Gasteiger partial charge in [-0.1, -0.05) is 16.8 Å². The van der Waals surface area contributed by atoms with Gasteiger partial charge in [0.2, 0.25) is 0 Å². The van der Waals surface area contributed by atoms with Crippen LogP contribution in [0.3, 0.4) is 0 Å². The van der Waals surface area contributed by atoms with Crippen molar-refractivity contribution in [3.05, 3.63) is 46.5 Å². The van der Waals surface area contributed by atoms with Crippen LogP contribution in [0.15, 0.2) is 24.4 Å². The first-order chi connectivity index (χ1) is 8.69. The number of rotatable bonds is 5. The average molecular weight is 270 g/mol. The number of halogens is 2. The molecule has 0 aliphatic carbocycles. The van der Waals surface area contributed by atoms with Gasteiger partial charge in [-0.25, -0.2) is 9.07 Å². The molecule has 2 rings (SSSR count). The number of hydrogen-bond donors (Lipinski definition) is 1. The molecule has 4 nitrogen and oxygen atoms in total. The highest BCUT2D eigenvalue weighted by molar-refractivity contribution is 6.31. The minimum absolute atomic E-state index is 0.128. The third-order valence-electron chi connectivity index (χ3n) is 2.52. The van der Waals surface area contributed by atoms with Crippen molar-refractivity contribution in [2.75, 3.05) is 6.61 Å². The second kappa shape index (κ2) is 5.93. The van der Waals surface area contributed by atoms with E-state index >= 15 is 0 Å². The molecule has 1 aromatic heterocycles. The maximum Gasteiger partial charge on any atom is 0.123 e. The molecule has 0 fully saturated rings. The highest BCUT2D eigenvalue weighted by Crippen LogP contribution is 2.18. The summed E-state index contributed by atoms with van der Waals surface area (Å²) in [6.45, 7) is 0.505. The first-order valence-electron chi connectivity index (χ1n) is 5.63. The van der Waals surface area contributed by atoms with Gasteiger partial charge in [0.05, 0.1) is 12.2 Å². The van der Waals surface area contributed by atoms with Crippen molar-refractivity contribution in [1.82, 2.24) is 15.0 Å². The quantitative estimate of drug-likeness (QED) is 0.904. The largest absolute Gasteiger partial charge is 0.396 e. The molecule has 2 aromatic rings. The van der Waals surface area contributed by atoms with Gasteiger partial charge in [-0.15, -0.1) is 5.10 Å². The van der Waals surface area contributed by atoms with E-state index in [1.165, 1.54) is 18.2 Å². The zero-order chi connectivity index (χ0) is 13.0. The molecule has 0 saturated carbocycles. The molecule has 0 atom stereocenters. The summed E-state index contributed by atoms with van der Waals surface area (Å²) >= 11 is 5.98. The van der Waals surface area contributed by atoms with E-state index in [0.29, 0.717) is 30.0 Å². The van der Waals surface area contributed by atoms with Crippen LogP contribution in [0, 0.1) is 5.82 Å². The van der Waals surface area contributed by atoms with Crippen molar-refractivity contribution < 1.29 is 9.50 Å². The Morgan fingerprint density at radius 3 is 3.00 bits per heavy atom. The van der Waals surface area contributed by atoms with Crippen LogP contribution in [0.2, 0.25) is 5.02 Å². The maximum absolute atomic E-state index is 13.1. The molecule has 1 N–H and O–H groups in total. The lowest BCUT2D eigenvalue weighted by molar-refractivity contribution is 0.288. The van der Waals surface area contributed by atoms with Crippen molar-refractivity contribution in [3.63, 3.8) is 0 Å². The molecule has 0 unspecified atom stereocenters. The zero-order valence-electron chi connectivity index (χ0n) is 9.68. The molecule has 6 heteroatoms. The van der Waals surface area contributed by atoms with Crippen LogP contribution in [0.4, 0.5) is 4.39 Å². The molecule has 1 heterocycles. The van der Waals surface area contributed by atoms with Gasteiger partial charge < -0.3 is 5.11 Å². The van der Waals surface area contributed by atoms with E-state index in [-0.39, 0.29) is 12.4 Å². The Kier molecular flexibility index (Phi) is 4.28. The summed E-state index contributed by atoms with van der Waals surface area (Å²) in [6.07, 6.45) is 3.10. The van der Waals surface area contributed by atoms with Crippen molar-refractivity contribution in [2.45, 2.75) is 19.4 Å². The van der Waals surface area contributed by atoms with Crippen LogP contribution in [0.5, 0.6) is 0 Å². The van der Waals surface area contributed by atoms with Gasteiger partial charge >= 0.3 is 0 Å². The van der Waals surface area contributed by atoms with Gasteiger partial charge in [-0.05, 0) is 36.6 Å². The lowest BCUT2D eigenvalue weighted by Gasteiger charge is -2.03. The number of aromatic nitrogens is 3. The van der Waals surface area contributed by atoms with Crippen molar-refractivity contribution >= 4 is 11.6 Å². The lowest BCUT2D eigenvalue weighted by atomic mass is 10.2. The molecule has 0 spiro atoms. The van der Waals surface area contributed by atoms with Crippen molar-refractivity contribution in [3.8, 4) is 0 Å². The zero-order valence-corrected chi connectivity index (χ0v) is 10.4. The summed E-state index contributed by atoms with van der Waals surface area (Å²) < 4.78 is 14.7. The molecule has 0 radical (unpaired) electrons. The molecule has 0 saturated heterocycles. The Morgan fingerprint density at radius 2 is 2.22 bits per heavy atom. The van der Waals surface area contributed by atoms with Crippen molar-refractivity contribution in [1.29, 1.82) is 0 Å². The highest BCUT2D eigenvalue weighted by Gasteiger charge is 2.05. The monoisotopic (exact) mass is 269 g/mol. The number of nitrogens with zero attached hydrogens (tertiary/aromatic N) is 3. The van der Waals surface area contributed by atoms with Crippen LogP contribution in [0.25, 0.3) is 0 Å². The second-order valence-corrected chi connectivity index (χ2v) is 4.38. The van der Waals surface area contributed by atoms with Crippen molar-refractivity contribution in [2.24, 2.45) is 0 Å². The normalized spacial score (nSPS) is 10.8. The summed E-state index contributed by atoms with van der Waals surface area (Å²) in [6, 6.07) is 4.23. The van der Waals surface area contributed by atoms with E-state index in [1.807, 2.05) is 0 Å². The second-order valence-electron chi connectivity index (χ2n) is 3.97. The Balaban J connectivity index is 2.08. The summed E-state index contributed by atoms with van der Waals surface area (Å²) in [5.74, 6) is -0.324. The lowest BCUT2D eigenvalue weighted by Crippen LogP contribution is -2.01. The topological polar surface area (TPSA) is 50.9 Å². The number of aliphatic hydroxyl groups excluding tert-OH is 1. The standard InChI is InChI=1S/C12H13ClFN3O/c13-12-4-3-10(14)6-9(12)7-17-8-11(15-16-17)2-1-5-18/h3-4,6,8,18H,1-2,5,7H2. The minimum atomic E-state index is -0.324. The van der Waals surface area contributed by atoms with Crippen LogP contribution >= 0.6 is 11.6 Å².